The number of hydrogen-bond donors (Lipinski definition) is 2. The molecule has 28 heavy (non-hydrogen) atoms. The van der Waals surface area contributed by atoms with Gasteiger partial charge in [0.15, 0.2) is 17.5 Å². The van der Waals surface area contributed by atoms with Crippen LogP contribution in [0.4, 0.5) is 5.69 Å². The molecule has 6 heteroatoms. The van der Waals surface area contributed by atoms with E-state index in [9.17, 15) is 0 Å². The number of hydrogen-bond acceptors (Lipinski definition) is 4. The van der Waals surface area contributed by atoms with Gasteiger partial charge in [-0.25, -0.2) is 0 Å². The summed E-state index contributed by atoms with van der Waals surface area (Å²) in [4.78, 5) is 4.25. The zero-order valence-electron chi connectivity index (χ0n) is 17.0. The van der Waals surface area contributed by atoms with Crippen LogP contribution >= 0.6 is 0 Å². The van der Waals surface area contributed by atoms with Crippen LogP contribution < -0.4 is 20.1 Å². The van der Waals surface area contributed by atoms with E-state index in [2.05, 4.69) is 39.9 Å². The Bertz CT molecular complexity index is 720. The molecule has 0 aromatic heterocycles. The summed E-state index contributed by atoms with van der Waals surface area (Å²) in [6.45, 7) is 2.37. The van der Waals surface area contributed by atoms with E-state index in [1.54, 1.807) is 21.3 Å². The Morgan fingerprint density at radius 1 is 0.929 bits per heavy atom. The zero-order valence-corrected chi connectivity index (χ0v) is 17.0. The summed E-state index contributed by atoms with van der Waals surface area (Å²) in [6, 6.07) is 16.1. The number of benzene rings is 2. The van der Waals surface area contributed by atoms with Crippen molar-refractivity contribution in [3.8, 4) is 11.5 Å². The van der Waals surface area contributed by atoms with E-state index in [1.165, 1.54) is 5.56 Å². The average molecular weight is 386 g/mol. The van der Waals surface area contributed by atoms with Gasteiger partial charge >= 0.3 is 0 Å². The van der Waals surface area contributed by atoms with Crippen molar-refractivity contribution in [2.75, 3.05) is 46.3 Å². The van der Waals surface area contributed by atoms with Gasteiger partial charge in [0.25, 0.3) is 0 Å². The molecule has 0 heterocycles. The molecule has 0 fully saturated rings. The van der Waals surface area contributed by atoms with Crippen LogP contribution in [0.2, 0.25) is 0 Å². The monoisotopic (exact) mass is 385 g/mol. The highest BCUT2D eigenvalue weighted by atomic mass is 16.5. The Morgan fingerprint density at radius 2 is 1.71 bits per heavy atom. The summed E-state index contributed by atoms with van der Waals surface area (Å²) in [5, 5.41) is 6.57. The lowest BCUT2D eigenvalue weighted by Crippen LogP contribution is -2.31. The maximum atomic E-state index is 5.71. The van der Waals surface area contributed by atoms with Gasteiger partial charge < -0.3 is 24.8 Å². The van der Waals surface area contributed by atoms with Crippen molar-refractivity contribution in [1.82, 2.24) is 5.32 Å². The fourth-order valence-electron chi connectivity index (χ4n) is 2.70. The molecule has 0 spiro atoms. The van der Waals surface area contributed by atoms with Crippen LogP contribution in [0.15, 0.2) is 53.5 Å². The summed E-state index contributed by atoms with van der Waals surface area (Å²) in [6.07, 6.45) is 2.98. The molecule has 2 N–H and O–H groups in total. The molecule has 2 aromatic carbocycles. The highest BCUT2D eigenvalue weighted by molar-refractivity contribution is 5.93. The third-order valence-electron chi connectivity index (χ3n) is 4.26. The number of unbranched alkanes of at least 4 members (excludes halogenated alkanes) is 1. The molecule has 0 aliphatic carbocycles. The van der Waals surface area contributed by atoms with Gasteiger partial charge in [-0.1, -0.05) is 30.3 Å². The van der Waals surface area contributed by atoms with Gasteiger partial charge in [-0.05, 0) is 37.0 Å². The highest BCUT2D eigenvalue weighted by Crippen LogP contribution is 2.29. The lowest BCUT2D eigenvalue weighted by Gasteiger charge is -2.14. The van der Waals surface area contributed by atoms with E-state index in [4.69, 9.17) is 14.2 Å². The first kappa shape index (κ1) is 21.6. The predicted octanol–water partition coefficient (Wildman–Crippen LogP) is 3.73. The molecule has 0 saturated carbocycles. The van der Waals surface area contributed by atoms with E-state index < -0.39 is 0 Å². The summed E-state index contributed by atoms with van der Waals surface area (Å²) < 4.78 is 16.3. The van der Waals surface area contributed by atoms with E-state index in [1.807, 2.05) is 24.3 Å². The number of methoxy groups -OCH3 is 2. The van der Waals surface area contributed by atoms with Gasteiger partial charge in [0, 0.05) is 32.0 Å². The van der Waals surface area contributed by atoms with E-state index in [0.29, 0.717) is 11.5 Å². The van der Waals surface area contributed by atoms with Crippen molar-refractivity contribution in [1.29, 1.82) is 0 Å². The van der Waals surface area contributed by atoms with Crippen LogP contribution in [0.3, 0.4) is 0 Å². The second kappa shape index (κ2) is 12.6. The van der Waals surface area contributed by atoms with Gasteiger partial charge in [-0.3, -0.25) is 4.99 Å². The van der Waals surface area contributed by atoms with Crippen LogP contribution in [-0.2, 0) is 11.2 Å². The first-order chi connectivity index (χ1) is 13.8. The van der Waals surface area contributed by atoms with Crippen LogP contribution in [0.1, 0.15) is 18.4 Å². The number of nitrogens with zero attached hydrogens (tertiary/aromatic N) is 1. The normalized spacial score (nSPS) is 11.2. The molecule has 0 atom stereocenters. The first-order valence-corrected chi connectivity index (χ1v) is 9.58. The van der Waals surface area contributed by atoms with Gasteiger partial charge in [-0.2, -0.15) is 0 Å². The lowest BCUT2D eigenvalue weighted by molar-refractivity contribution is 0.133. The summed E-state index contributed by atoms with van der Waals surface area (Å²) in [5.41, 5.74) is 2.20. The number of guanidine groups is 1. The minimum atomic E-state index is 0.676. The SMILES string of the molecule is CN=C(NCCCCOCCc1ccccc1)Nc1ccc(OC)c(OC)c1. The number of nitrogens with one attached hydrogen (secondary N) is 2. The Balaban J connectivity index is 1.61. The molecule has 2 aromatic rings. The molecule has 6 nitrogen and oxygen atoms in total. The van der Waals surface area contributed by atoms with Crippen LogP contribution in [0, 0.1) is 0 Å². The quantitative estimate of drug-likeness (QED) is 0.351. The van der Waals surface area contributed by atoms with E-state index in [0.717, 1.165) is 50.7 Å². The fourth-order valence-corrected chi connectivity index (χ4v) is 2.70. The minimum absolute atomic E-state index is 0.676. The van der Waals surface area contributed by atoms with Gasteiger partial charge in [0.05, 0.1) is 20.8 Å². The molecule has 0 aliphatic heterocycles. The Hall–Kier alpha value is -2.73. The minimum Gasteiger partial charge on any atom is -0.493 e. The molecule has 0 bridgehead atoms. The third kappa shape index (κ3) is 7.48. The molecule has 0 radical (unpaired) electrons. The second-order valence-corrected chi connectivity index (χ2v) is 6.25. The Labute approximate surface area is 167 Å². The molecule has 0 aliphatic rings. The molecule has 0 saturated heterocycles. The number of anilines is 1. The largest absolute Gasteiger partial charge is 0.493 e. The van der Waals surface area contributed by atoms with E-state index in [-0.39, 0.29) is 0 Å². The van der Waals surface area contributed by atoms with Gasteiger partial charge in [0.2, 0.25) is 0 Å². The summed E-state index contributed by atoms with van der Waals surface area (Å²) >= 11 is 0. The number of rotatable bonds is 11. The standard InChI is InChI=1S/C22H31N3O3/c1-23-22(25-19-11-12-20(26-2)21(17-19)27-3)24-14-7-8-15-28-16-13-18-9-5-4-6-10-18/h4-6,9-12,17H,7-8,13-16H2,1-3H3,(H2,23,24,25). The Kier molecular flexibility index (Phi) is 9.72. The van der Waals surface area contributed by atoms with Crippen molar-refractivity contribution < 1.29 is 14.2 Å². The van der Waals surface area contributed by atoms with Gasteiger partial charge in [-0.15, -0.1) is 0 Å². The molecule has 0 unspecified atom stereocenters. The van der Waals surface area contributed by atoms with Crippen LogP contribution in [-0.4, -0.2) is 47.0 Å². The zero-order chi connectivity index (χ0) is 20.0. The van der Waals surface area contributed by atoms with Crippen molar-refractivity contribution in [2.24, 2.45) is 4.99 Å². The lowest BCUT2D eigenvalue weighted by atomic mass is 10.2. The van der Waals surface area contributed by atoms with E-state index >= 15 is 0 Å². The summed E-state index contributed by atoms with van der Waals surface area (Å²) in [7, 11) is 5.00. The molecular weight excluding hydrogens is 354 g/mol. The predicted molar refractivity (Wildman–Crippen MR) is 115 cm³/mol. The second-order valence-electron chi connectivity index (χ2n) is 6.25. The molecular formula is C22H31N3O3. The smallest absolute Gasteiger partial charge is 0.195 e. The van der Waals surface area contributed by atoms with Crippen LogP contribution in [0.25, 0.3) is 0 Å². The maximum Gasteiger partial charge on any atom is 0.195 e. The van der Waals surface area contributed by atoms with Crippen LogP contribution in [0.5, 0.6) is 11.5 Å². The number of ether oxygens (including phenoxy) is 3. The molecule has 2 rings (SSSR count). The molecule has 0 amide bonds. The maximum absolute atomic E-state index is 5.71. The first-order valence-electron chi connectivity index (χ1n) is 9.58. The van der Waals surface area contributed by atoms with Crippen molar-refractivity contribution in [2.45, 2.75) is 19.3 Å². The van der Waals surface area contributed by atoms with Gasteiger partial charge in [0.1, 0.15) is 0 Å². The third-order valence-corrected chi connectivity index (χ3v) is 4.26. The number of aliphatic imine (C=N–C) groups is 1. The van der Waals surface area contributed by atoms with Crippen molar-refractivity contribution >= 4 is 11.6 Å². The topological polar surface area (TPSA) is 64.1 Å². The molecule has 152 valence electrons. The Morgan fingerprint density at radius 3 is 2.43 bits per heavy atom. The highest BCUT2D eigenvalue weighted by Gasteiger charge is 2.06. The van der Waals surface area contributed by atoms with Crippen molar-refractivity contribution in [3.63, 3.8) is 0 Å². The fraction of sp³-hybridized carbons (Fsp3) is 0.409. The van der Waals surface area contributed by atoms with Crippen molar-refractivity contribution in [3.05, 3.63) is 54.1 Å². The summed E-state index contributed by atoms with van der Waals surface area (Å²) in [5.74, 6) is 2.09. The average Bonchev–Trinajstić information content (AvgIpc) is 2.75.